The smallest absolute Gasteiger partial charge is 0.352 e. The minimum absolute atomic E-state index is 0.0237. The average Bonchev–Trinajstić information content (AvgIpc) is 2.66. The number of ketones is 1. The second-order valence-electron chi connectivity index (χ2n) is 3.72. The Morgan fingerprint density at radius 2 is 2.06 bits per heavy atom. The van der Waals surface area contributed by atoms with Crippen molar-refractivity contribution in [2.75, 3.05) is 0 Å². The fourth-order valence-electron chi connectivity index (χ4n) is 1.81. The molecule has 84 valence electrons. The first-order chi connectivity index (χ1) is 7.43. The van der Waals surface area contributed by atoms with Crippen molar-refractivity contribution in [3.63, 3.8) is 0 Å². The van der Waals surface area contributed by atoms with Crippen molar-refractivity contribution in [2.24, 2.45) is 7.05 Å². The van der Waals surface area contributed by atoms with Crippen LogP contribution in [0.2, 0.25) is 0 Å². The monoisotopic (exact) mass is 237 g/mol. The number of thiophene rings is 1. The number of hydrogen-bond donors (Lipinski definition) is 1. The van der Waals surface area contributed by atoms with Crippen LogP contribution in [0, 0.1) is 6.92 Å². The summed E-state index contributed by atoms with van der Waals surface area (Å²) in [6.07, 6.45) is 0. The molecule has 0 aliphatic heterocycles. The second kappa shape index (κ2) is 3.45. The first kappa shape index (κ1) is 10.9. The molecule has 2 rings (SSSR count). The van der Waals surface area contributed by atoms with Gasteiger partial charge in [0.1, 0.15) is 10.5 Å². The average molecular weight is 237 g/mol. The van der Waals surface area contributed by atoms with Crippen LogP contribution in [0.1, 0.15) is 32.6 Å². The number of aryl methyl sites for hydroxylation is 2. The third-order valence-electron chi connectivity index (χ3n) is 2.66. The van der Waals surface area contributed by atoms with Crippen LogP contribution in [-0.2, 0) is 7.05 Å². The molecule has 2 aromatic rings. The van der Waals surface area contributed by atoms with Gasteiger partial charge in [-0.15, -0.1) is 11.3 Å². The summed E-state index contributed by atoms with van der Waals surface area (Å²) in [5.41, 5.74) is 1.12. The Morgan fingerprint density at radius 3 is 2.50 bits per heavy atom. The van der Waals surface area contributed by atoms with Crippen molar-refractivity contribution in [2.45, 2.75) is 13.8 Å². The third kappa shape index (κ3) is 1.36. The van der Waals surface area contributed by atoms with Gasteiger partial charge in [0, 0.05) is 12.4 Å². The van der Waals surface area contributed by atoms with Gasteiger partial charge in [0.05, 0.1) is 4.88 Å². The van der Waals surface area contributed by atoms with E-state index in [1.807, 2.05) is 6.92 Å². The summed E-state index contributed by atoms with van der Waals surface area (Å²) in [6.45, 7) is 3.37. The maximum atomic E-state index is 11.3. The highest BCUT2D eigenvalue weighted by atomic mass is 32.1. The number of carbonyl (C=O) groups is 2. The van der Waals surface area contributed by atoms with E-state index < -0.39 is 5.97 Å². The number of Topliss-reactive ketones (excluding diaryl/α,β-unsaturated/α-hetero) is 1. The van der Waals surface area contributed by atoms with Crippen molar-refractivity contribution in [1.82, 2.24) is 4.57 Å². The zero-order valence-electron chi connectivity index (χ0n) is 9.20. The Kier molecular flexibility index (Phi) is 2.35. The van der Waals surface area contributed by atoms with Crippen molar-refractivity contribution in [3.05, 3.63) is 22.2 Å². The molecule has 0 atom stereocenters. The fraction of sp³-hybridized carbons (Fsp3) is 0.273. The van der Waals surface area contributed by atoms with E-state index in [1.165, 1.54) is 18.3 Å². The van der Waals surface area contributed by atoms with Crippen LogP contribution < -0.4 is 0 Å². The summed E-state index contributed by atoms with van der Waals surface area (Å²) in [5.74, 6) is -0.926. The molecule has 0 aliphatic carbocycles. The first-order valence-corrected chi connectivity index (χ1v) is 5.58. The maximum absolute atomic E-state index is 11.3. The molecule has 0 unspecified atom stereocenters. The number of aromatic nitrogens is 1. The van der Waals surface area contributed by atoms with Crippen LogP contribution in [-0.4, -0.2) is 21.4 Å². The van der Waals surface area contributed by atoms with Crippen molar-refractivity contribution in [3.8, 4) is 0 Å². The third-order valence-corrected chi connectivity index (χ3v) is 4.14. The molecule has 0 amide bonds. The molecule has 0 aromatic carbocycles. The van der Waals surface area contributed by atoms with E-state index >= 15 is 0 Å². The van der Waals surface area contributed by atoms with Gasteiger partial charge in [-0.25, -0.2) is 4.79 Å². The predicted octanol–water partition coefficient (Wildman–Crippen LogP) is 2.45. The summed E-state index contributed by atoms with van der Waals surface area (Å²) in [4.78, 5) is 23.8. The highest BCUT2D eigenvalue weighted by Gasteiger charge is 2.19. The minimum atomic E-state index is -0.949. The zero-order chi connectivity index (χ0) is 12.0. The number of aromatic carboxylic acids is 1. The lowest BCUT2D eigenvalue weighted by atomic mass is 10.2. The topological polar surface area (TPSA) is 59.3 Å². The number of hydrogen-bond acceptors (Lipinski definition) is 3. The van der Waals surface area contributed by atoms with Crippen LogP contribution in [0.5, 0.6) is 0 Å². The molecular weight excluding hydrogens is 226 g/mol. The summed E-state index contributed by atoms with van der Waals surface area (Å²) >= 11 is 1.35. The Morgan fingerprint density at radius 1 is 1.44 bits per heavy atom. The molecule has 1 N–H and O–H groups in total. The second-order valence-corrected chi connectivity index (χ2v) is 4.72. The Bertz CT molecular complexity index is 552. The molecule has 0 aliphatic rings. The quantitative estimate of drug-likeness (QED) is 0.816. The van der Waals surface area contributed by atoms with E-state index in [0.29, 0.717) is 4.88 Å². The van der Waals surface area contributed by atoms with Crippen LogP contribution >= 0.6 is 11.3 Å². The van der Waals surface area contributed by atoms with Crippen LogP contribution in [0.15, 0.2) is 6.07 Å². The van der Waals surface area contributed by atoms with E-state index in [0.717, 1.165) is 15.8 Å². The lowest BCUT2D eigenvalue weighted by Gasteiger charge is -1.96. The molecule has 0 fully saturated rings. The Labute approximate surface area is 96.1 Å². The normalized spacial score (nSPS) is 10.9. The standard InChI is InChI=1S/C11H11NO3S/c1-5-7-4-8(11(14)15)12(3)10(7)16-9(5)6(2)13/h4H,1-3H3,(H,14,15). The van der Waals surface area contributed by atoms with E-state index in [1.54, 1.807) is 17.7 Å². The highest BCUT2D eigenvalue weighted by molar-refractivity contribution is 7.20. The fourth-order valence-corrected chi connectivity index (χ4v) is 2.97. The van der Waals surface area contributed by atoms with Crippen LogP contribution in [0.3, 0.4) is 0 Å². The highest BCUT2D eigenvalue weighted by Crippen LogP contribution is 2.33. The van der Waals surface area contributed by atoms with Gasteiger partial charge >= 0.3 is 5.97 Å². The van der Waals surface area contributed by atoms with E-state index in [-0.39, 0.29) is 11.5 Å². The van der Waals surface area contributed by atoms with Gasteiger partial charge in [0.2, 0.25) is 0 Å². The van der Waals surface area contributed by atoms with Crippen molar-refractivity contribution in [1.29, 1.82) is 0 Å². The molecule has 0 bridgehead atoms. The largest absolute Gasteiger partial charge is 0.477 e. The summed E-state index contributed by atoms with van der Waals surface area (Å²) in [6, 6.07) is 1.62. The molecule has 0 saturated heterocycles. The molecule has 16 heavy (non-hydrogen) atoms. The predicted molar refractivity (Wildman–Crippen MR) is 62.5 cm³/mol. The number of rotatable bonds is 2. The van der Waals surface area contributed by atoms with Gasteiger partial charge in [-0.3, -0.25) is 4.79 Å². The molecule has 4 nitrogen and oxygen atoms in total. The van der Waals surface area contributed by atoms with Gasteiger partial charge in [-0.1, -0.05) is 0 Å². The minimum Gasteiger partial charge on any atom is -0.477 e. The summed E-state index contributed by atoms with van der Waals surface area (Å²) < 4.78 is 1.61. The SMILES string of the molecule is CC(=O)c1sc2c(cc(C(=O)O)n2C)c1C. The molecule has 0 spiro atoms. The maximum Gasteiger partial charge on any atom is 0.352 e. The van der Waals surface area contributed by atoms with Gasteiger partial charge < -0.3 is 9.67 Å². The zero-order valence-corrected chi connectivity index (χ0v) is 10.0. The number of carboxylic acid groups (broad SMARTS) is 1. The summed E-state index contributed by atoms with van der Waals surface area (Å²) in [5, 5.41) is 9.83. The van der Waals surface area contributed by atoms with E-state index in [2.05, 4.69) is 0 Å². The number of carboxylic acids is 1. The molecular formula is C11H11NO3S. The molecule has 0 saturated carbocycles. The first-order valence-electron chi connectivity index (χ1n) is 4.76. The van der Waals surface area contributed by atoms with Gasteiger partial charge in [-0.2, -0.15) is 0 Å². The Hall–Kier alpha value is -1.62. The van der Waals surface area contributed by atoms with Crippen molar-refractivity contribution >= 4 is 33.3 Å². The van der Waals surface area contributed by atoms with Gasteiger partial charge in [0.25, 0.3) is 0 Å². The molecule has 0 radical (unpaired) electrons. The Balaban J connectivity index is 2.78. The van der Waals surface area contributed by atoms with E-state index in [9.17, 15) is 9.59 Å². The van der Waals surface area contributed by atoms with Gasteiger partial charge in [0.15, 0.2) is 5.78 Å². The number of carbonyl (C=O) groups excluding carboxylic acids is 1. The van der Waals surface area contributed by atoms with Crippen LogP contribution in [0.4, 0.5) is 0 Å². The van der Waals surface area contributed by atoms with E-state index in [4.69, 9.17) is 5.11 Å². The molecule has 5 heteroatoms. The van der Waals surface area contributed by atoms with Crippen LogP contribution in [0.25, 0.3) is 10.2 Å². The number of nitrogens with zero attached hydrogens (tertiary/aromatic N) is 1. The lowest BCUT2D eigenvalue weighted by molar-refractivity contribution is 0.0687. The van der Waals surface area contributed by atoms with Crippen molar-refractivity contribution < 1.29 is 14.7 Å². The van der Waals surface area contributed by atoms with Gasteiger partial charge in [-0.05, 0) is 25.5 Å². The molecule has 2 heterocycles. The summed E-state index contributed by atoms with van der Waals surface area (Å²) in [7, 11) is 1.70. The lowest BCUT2D eigenvalue weighted by Crippen LogP contribution is -2.03. The molecule has 2 aromatic heterocycles. The number of fused-ring (bicyclic) bond motifs is 1.